The smallest absolute Gasteiger partial charge is 0.147 e. The SMILES string of the molecule is CC1(C)c2ccccc2N(c2cc(-c3ccccc3)ccn2)c2cc(-c3cccc4c3nc(-c3cc5c6ccccc6oc5c5c3[nH]c3ccc(-c6ccncc6)cc35)n4-c3ccccc3)ccc21. The number of pyridine rings is 2. The first-order valence-corrected chi connectivity index (χ1v) is 23.4. The Bertz CT molecular complexity index is 4170. The Kier molecular flexibility index (Phi) is 8.49. The maximum Gasteiger partial charge on any atom is 0.147 e. The largest absolute Gasteiger partial charge is 0.455 e. The number of H-pyrrole nitrogens is 1. The Balaban J connectivity index is 1.02. The highest BCUT2D eigenvalue weighted by atomic mass is 16.3. The molecule has 69 heavy (non-hydrogen) atoms. The molecule has 0 saturated carbocycles. The summed E-state index contributed by atoms with van der Waals surface area (Å²) in [5.74, 6) is 1.70. The summed E-state index contributed by atoms with van der Waals surface area (Å²) >= 11 is 0. The van der Waals surface area contributed by atoms with Gasteiger partial charge in [0.05, 0.1) is 33.3 Å². The molecule has 1 N–H and O–H groups in total. The van der Waals surface area contributed by atoms with Crippen LogP contribution in [0.2, 0.25) is 0 Å². The molecular weight excluding hydrogens is 845 g/mol. The molecule has 0 unspecified atom stereocenters. The predicted molar refractivity (Wildman–Crippen MR) is 282 cm³/mol. The molecule has 8 aromatic carbocycles. The van der Waals surface area contributed by atoms with E-state index in [1.165, 1.54) is 11.1 Å². The van der Waals surface area contributed by atoms with Crippen molar-refractivity contribution in [3.05, 3.63) is 224 Å². The van der Waals surface area contributed by atoms with E-state index in [0.717, 1.165) is 122 Å². The third-order valence-electron chi connectivity index (χ3n) is 14.3. The van der Waals surface area contributed by atoms with E-state index in [-0.39, 0.29) is 5.41 Å². The van der Waals surface area contributed by atoms with Crippen molar-refractivity contribution in [3.8, 4) is 50.5 Å². The Morgan fingerprint density at radius 3 is 2.12 bits per heavy atom. The van der Waals surface area contributed by atoms with Gasteiger partial charge in [-0.3, -0.25) is 14.5 Å². The number of nitrogens with one attached hydrogen (secondary N) is 1. The fraction of sp³-hybridized carbons (Fsp3) is 0.0484. The van der Waals surface area contributed by atoms with Gasteiger partial charge in [0.25, 0.3) is 0 Å². The fourth-order valence-corrected chi connectivity index (χ4v) is 11.0. The Morgan fingerprint density at radius 1 is 0.522 bits per heavy atom. The third-order valence-corrected chi connectivity index (χ3v) is 14.3. The lowest BCUT2D eigenvalue weighted by atomic mass is 9.73. The number of hydrogen-bond acceptors (Lipinski definition) is 5. The van der Waals surface area contributed by atoms with Crippen LogP contribution >= 0.6 is 0 Å². The van der Waals surface area contributed by atoms with E-state index in [9.17, 15) is 0 Å². The van der Waals surface area contributed by atoms with Gasteiger partial charge in [-0.2, -0.15) is 0 Å². The zero-order valence-corrected chi connectivity index (χ0v) is 37.9. The van der Waals surface area contributed by atoms with Gasteiger partial charge in [0, 0.05) is 62.5 Å². The predicted octanol–water partition coefficient (Wildman–Crippen LogP) is 16.1. The molecule has 0 radical (unpaired) electrons. The van der Waals surface area contributed by atoms with Crippen LogP contribution in [0.25, 0.3) is 105 Å². The molecule has 6 heterocycles. The first-order valence-electron chi connectivity index (χ1n) is 23.4. The fourth-order valence-electron chi connectivity index (χ4n) is 11.0. The van der Waals surface area contributed by atoms with E-state index in [2.05, 4.69) is 221 Å². The van der Waals surface area contributed by atoms with Crippen molar-refractivity contribution >= 4 is 72.0 Å². The van der Waals surface area contributed by atoms with Gasteiger partial charge in [-0.05, 0) is 118 Å². The van der Waals surface area contributed by atoms with Crippen molar-refractivity contribution in [3.63, 3.8) is 0 Å². The summed E-state index contributed by atoms with van der Waals surface area (Å²) in [6.45, 7) is 4.66. The first-order chi connectivity index (χ1) is 34.0. The van der Waals surface area contributed by atoms with Crippen LogP contribution < -0.4 is 4.90 Å². The normalized spacial score (nSPS) is 13.2. The van der Waals surface area contributed by atoms with Crippen LogP contribution in [0, 0.1) is 0 Å². The molecule has 0 aliphatic carbocycles. The molecule has 5 aromatic heterocycles. The van der Waals surface area contributed by atoms with Gasteiger partial charge < -0.3 is 9.40 Å². The second kappa shape index (κ2) is 15.0. The van der Waals surface area contributed by atoms with Gasteiger partial charge in [-0.25, -0.2) is 9.97 Å². The molecule has 7 nitrogen and oxygen atoms in total. The van der Waals surface area contributed by atoms with Crippen LogP contribution in [-0.4, -0.2) is 24.5 Å². The van der Waals surface area contributed by atoms with E-state index < -0.39 is 0 Å². The lowest BCUT2D eigenvalue weighted by Gasteiger charge is -2.41. The Morgan fingerprint density at radius 2 is 1.25 bits per heavy atom. The summed E-state index contributed by atoms with van der Waals surface area (Å²) in [5, 5.41) is 4.21. The molecule has 326 valence electrons. The number of rotatable bonds is 6. The lowest BCUT2D eigenvalue weighted by Crippen LogP contribution is -2.31. The van der Waals surface area contributed by atoms with Crippen LogP contribution in [0.15, 0.2) is 217 Å². The molecule has 13 aromatic rings. The number of fused-ring (bicyclic) bond motifs is 10. The number of aromatic amines is 1. The third kappa shape index (κ3) is 5.97. The maximum atomic E-state index is 6.81. The Labute approximate surface area is 397 Å². The number of hydrogen-bond donors (Lipinski definition) is 1. The monoisotopic (exact) mass is 886 g/mol. The molecular formula is C62H42N6O. The number of furan rings is 1. The minimum Gasteiger partial charge on any atom is -0.455 e. The van der Waals surface area contributed by atoms with E-state index in [4.69, 9.17) is 14.4 Å². The number of nitrogens with zero attached hydrogens (tertiary/aromatic N) is 5. The van der Waals surface area contributed by atoms with Gasteiger partial charge in [-0.15, -0.1) is 0 Å². The zero-order chi connectivity index (χ0) is 45.8. The summed E-state index contributed by atoms with van der Waals surface area (Å²) < 4.78 is 9.12. The van der Waals surface area contributed by atoms with Crippen molar-refractivity contribution in [2.45, 2.75) is 19.3 Å². The minimum atomic E-state index is -0.272. The molecule has 0 saturated heterocycles. The van der Waals surface area contributed by atoms with Gasteiger partial charge in [-0.1, -0.05) is 129 Å². The standard InChI is InChI=1S/C62H42N6O/c1-62(2)49-20-10-11-21-52(49)68(56-36-41(30-33-64-56)38-14-5-3-6-15-38)54-35-42(24-26-50(54)62)44-19-13-22-53-58(44)66-61(67(53)43-16-7-4-8-17-43)48-37-46-45-18-9-12-23-55(45)69-60(46)57-47-34-40(39-28-31-63-32-29-39)25-27-51(47)65-59(48)57/h3-37,65H,1-2H3. The molecule has 1 aliphatic heterocycles. The number of imidazole rings is 1. The molecule has 0 bridgehead atoms. The average molecular weight is 887 g/mol. The average Bonchev–Trinajstić information content (AvgIpc) is 4.11. The molecule has 0 fully saturated rings. The highest BCUT2D eigenvalue weighted by Crippen LogP contribution is 2.53. The van der Waals surface area contributed by atoms with Crippen LogP contribution in [0.5, 0.6) is 0 Å². The second-order valence-corrected chi connectivity index (χ2v) is 18.5. The number of benzene rings is 8. The van der Waals surface area contributed by atoms with Crippen LogP contribution in [0.1, 0.15) is 25.0 Å². The number of aromatic nitrogens is 5. The van der Waals surface area contributed by atoms with E-state index in [1.54, 1.807) is 0 Å². The summed E-state index contributed by atoms with van der Waals surface area (Å²) in [6, 6.07) is 69.0. The molecule has 0 amide bonds. The number of para-hydroxylation sites is 4. The molecule has 7 heteroatoms. The van der Waals surface area contributed by atoms with Gasteiger partial charge in [0.1, 0.15) is 22.8 Å². The van der Waals surface area contributed by atoms with Crippen LogP contribution in [0.4, 0.5) is 17.2 Å². The Hall–Kier alpha value is -9.07. The molecule has 14 rings (SSSR count). The van der Waals surface area contributed by atoms with Gasteiger partial charge in [0.15, 0.2) is 0 Å². The summed E-state index contributed by atoms with van der Waals surface area (Å²) in [5.41, 5.74) is 18.6. The topological polar surface area (TPSA) is 75.8 Å². The quantitative estimate of drug-likeness (QED) is 0.180. The molecule has 0 atom stereocenters. The number of anilines is 3. The highest BCUT2D eigenvalue weighted by molar-refractivity contribution is 6.26. The second-order valence-electron chi connectivity index (χ2n) is 18.5. The van der Waals surface area contributed by atoms with E-state index in [1.807, 2.05) is 24.7 Å². The molecule has 1 aliphatic rings. The van der Waals surface area contributed by atoms with E-state index in [0.29, 0.717) is 0 Å². The highest BCUT2D eigenvalue weighted by Gasteiger charge is 2.38. The van der Waals surface area contributed by atoms with Crippen molar-refractivity contribution in [2.75, 3.05) is 4.90 Å². The van der Waals surface area contributed by atoms with Crippen molar-refractivity contribution in [2.24, 2.45) is 0 Å². The van der Waals surface area contributed by atoms with Crippen molar-refractivity contribution < 1.29 is 4.42 Å². The van der Waals surface area contributed by atoms with Gasteiger partial charge in [0.2, 0.25) is 0 Å². The lowest BCUT2D eigenvalue weighted by molar-refractivity contribution is 0.631. The van der Waals surface area contributed by atoms with Crippen molar-refractivity contribution in [1.82, 2.24) is 24.5 Å². The maximum absolute atomic E-state index is 6.81. The van der Waals surface area contributed by atoms with Crippen LogP contribution in [-0.2, 0) is 5.41 Å². The van der Waals surface area contributed by atoms with Gasteiger partial charge >= 0.3 is 0 Å². The summed E-state index contributed by atoms with van der Waals surface area (Å²) in [6.07, 6.45) is 5.61. The summed E-state index contributed by atoms with van der Waals surface area (Å²) in [4.78, 5) is 21.3. The van der Waals surface area contributed by atoms with Crippen molar-refractivity contribution in [1.29, 1.82) is 0 Å². The summed E-state index contributed by atoms with van der Waals surface area (Å²) in [7, 11) is 0. The minimum absolute atomic E-state index is 0.272. The molecule has 0 spiro atoms. The zero-order valence-electron chi connectivity index (χ0n) is 37.9. The van der Waals surface area contributed by atoms with E-state index >= 15 is 0 Å². The van der Waals surface area contributed by atoms with Crippen LogP contribution in [0.3, 0.4) is 0 Å². The first kappa shape index (κ1) is 39.1.